The van der Waals surface area contributed by atoms with E-state index in [9.17, 15) is 28.9 Å². The van der Waals surface area contributed by atoms with Crippen LogP contribution in [-0.2, 0) is 42.2 Å². The van der Waals surface area contributed by atoms with Crippen molar-refractivity contribution >= 4 is 25.7 Å². The average Bonchev–Trinajstić information content (AvgIpc) is 3.39. The predicted molar refractivity (Wildman–Crippen MR) is 306 cm³/mol. The molecule has 0 saturated heterocycles. The summed E-state index contributed by atoms with van der Waals surface area (Å²) in [6, 6.07) is 0. The first-order chi connectivity index (χ1) is 36.2. The molecule has 0 heterocycles. The van der Waals surface area contributed by atoms with Crippen LogP contribution in [0.25, 0.3) is 0 Å². The van der Waals surface area contributed by atoms with Gasteiger partial charge in [0.2, 0.25) is 0 Å². The molecule has 0 aromatic carbocycles. The number of esters is 3. The summed E-state index contributed by atoms with van der Waals surface area (Å²) in [6.07, 6.45) is 67.6. The van der Waals surface area contributed by atoms with Crippen molar-refractivity contribution in [3.8, 4) is 0 Å². The van der Waals surface area contributed by atoms with Crippen LogP contribution >= 0.6 is 7.82 Å². The Hall–Kier alpha value is -4.12. The lowest BCUT2D eigenvalue weighted by molar-refractivity contribution is -0.161. The van der Waals surface area contributed by atoms with E-state index >= 15 is 0 Å². The number of carbonyl (C=O) groups is 3. The molecular formula is C62H101O11P. The first-order valence-corrected chi connectivity index (χ1v) is 29.9. The van der Waals surface area contributed by atoms with Crippen LogP contribution in [0, 0.1) is 0 Å². The van der Waals surface area contributed by atoms with Gasteiger partial charge in [0.05, 0.1) is 26.2 Å². The summed E-state index contributed by atoms with van der Waals surface area (Å²) in [5, 5.41) is 9.79. The zero-order valence-corrected chi connectivity index (χ0v) is 47.2. The highest BCUT2D eigenvalue weighted by Crippen LogP contribution is 2.43. The Labute approximate surface area is 449 Å². The van der Waals surface area contributed by atoms with E-state index < -0.39 is 64.4 Å². The molecule has 0 aliphatic heterocycles. The second-order valence-electron chi connectivity index (χ2n) is 18.3. The Morgan fingerprint density at radius 3 is 1.16 bits per heavy atom. The molecule has 11 nitrogen and oxygen atoms in total. The van der Waals surface area contributed by atoms with Gasteiger partial charge in [0.1, 0.15) is 12.7 Å². The number of aliphatic hydroxyl groups excluding tert-OH is 1. The Balaban J connectivity index is 4.87. The average molecular weight is 1050 g/mol. The van der Waals surface area contributed by atoms with Gasteiger partial charge in [0, 0.05) is 12.8 Å². The summed E-state index contributed by atoms with van der Waals surface area (Å²) in [5.41, 5.74) is 0. The highest BCUT2D eigenvalue weighted by Gasteiger charge is 2.28. The largest absolute Gasteiger partial charge is 0.472 e. The Kier molecular flexibility index (Phi) is 52.1. The lowest BCUT2D eigenvalue weighted by Gasteiger charge is -2.21. The summed E-state index contributed by atoms with van der Waals surface area (Å²) in [4.78, 5) is 48.4. The fourth-order valence-electron chi connectivity index (χ4n) is 7.12. The Morgan fingerprint density at radius 1 is 0.405 bits per heavy atom. The highest BCUT2D eigenvalue weighted by atomic mass is 31.2. The number of carbonyl (C=O) groups excluding carboxylic acids is 3. The monoisotopic (exact) mass is 1050 g/mol. The lowest BCUT2D eigenvalue weighted by atomic mass is 10.1. The van der Waals surface area contributed by atoms with E-state index in [2.05, 4.69) is 124 Å². The first kappa shape index (κ1) is 69.9. The third kappa shape index (κ3) is 52.7. The molecule has 3 atom stereocenters. The molecule has 420 valence electrons. The molecule has 0 bridgehead atoms. The van der Waals surface area contributed by atoms with Gasteiger partial charge in [0.15, 0.2) is 6.10 Å². The van der Waals surface area contributed by atoms with Crippen molar-refractivity contribution < 1.29 is 52.2 Å². The molecule has 2 N–H and O–H groups in total. The van der Waals surface area contributed by atoms with Gasteiger partial charge in [-0.3, -0.25) is 23.4 Å². The van der Waals surface area contributed by atoms with E-state index in [1.54, 1.807) is 6.08 Å². The van der Waals surface area contributed by atoms with Crippen molar-refractivity contribution in [1.82, 2.24) is 0 Å². The quantitative estimate of drug-likeness (QED) is 0.0197. The van der Waals surface area contributed by atoms with Crippen LogP contribution in [0.1, 0.15) is 213 Å². The molecule has 0 aliphatic rings. The molecule has 0 aliphatic carbocycles. The Bertz CT molecular complexity index is 1700. The molecule has 3 unspecified atom stereocenters. The van der Waals surface area contributed by atoms with Crippen molar-refractivity contribution in [3.05, 3.63) is 122 Å². The minimum atomic E-state index is -4.78. The van der Waals surface area contributed by atoms with Gasteiger partial charge >= 0.3 is 25.7 Å². The van der Waals surface area contributed by atoms with Crippen molar-refractivity contribution in [1.29, 1.82) is 0 Å². The summed E-state index contributed by atoms with van der Waals surface area (Å²) < 4.78 is 39.3. The molecule has 0 spiro atoms. The summed E-state index contributed by atoms with van der Waals surface area (Å²) >= 11 is 0. The maximum Gasteiger partial charge on any atom is 0.472 e. The Morgan fingerprint density at radius 2 is 0.743 bits per heavy atom. The number of allylic oxidation sites excluding steroid dienone is 19. The van der Waals surface area contributed by atoms with Gasteiger partial charge in [-0.2, -0.15) is 0 Å². The SMILES string of the molecule is CC/C=C\C/C=C\C/C=C\C/C=C\C/C=C\CC(=O)OCC(COP(=O)(O)OCC(CO)OC(=O)CCCCC/C=C\C/C=C\C/C=C\CC)OC(=O)CCCCCCCCCCC/C=C\C/C=C\CCCCC. The van der Waals surface area contributed by atoms with Gasteiger partial charge < -0.3 is 24.2 Å². The molecule has 12 heteroatoms. The topological polar surface area (TPSA) is 155 Å². The van der Waals surface area contributed by atoms with E-state index in [0.29, 0.717) is 19.3 Å². The molecule has 0 aromatic heterocycles. The van der Waals surface area contributed by atoms with E-state index in [1.807, 2.05) is 12.2 Å². The number of aliphatic hydroxyl groups is 1. The lowest BCUT2D eigenvalue weighted by Crippen LogP contribution is -2.30. The maximum atomic E-state index is 12.9. The second kappa shape index (κ2) is 55.1. The fourth-order valence-corrected chi connectivity index (χ4v) is 7.90. The van der Waals surface area contributed by atoms with Crippen LogP contribution in [0.2, 0.25) is 0 Å². The second-order valence-corrected chi connectivity index (χ2v) is 19.8. The minimum Gasteiger partial charge on any atom is -0.461 e. The molecule has 0 amide bonds. The number of unbranched alkanes of at least 4 members (excludes halogenated alkanes) is 15. The summed E-state index contributed by atoms with van der Waals surface area (Å²) in [5.74, 6) is -1.66. The molecule has 0 saturated carbocycles. The smallest absolute Gasteiger partial charge is 0.461 e. The van der Waals surface area contributed by atoms with E-state index in [0.717, 1.165) is 103 Å². The zero-order chi connectivity index (χ0) is 54.1. The van der Waals surface area contributed by atoms with Gasteiger partial charge in [-0.1, -0.05) is 206 Å². The van der Waals surface area contributed by atoms with Crippen molar-refractivity contribution in [2.75, 3.05) is 26.4 Å². The highest BCUT2D eigenvalue weighted by molar-refractivity contribution is 7.47. The molecule has 74 heavy (non-hydrogen) atoms. The third-order valence-corrected chi connectivity index (χ3v) is 12.3. The van der Waals surface area contributed by atoms with Crippen molar-refractivity contribution in [3.63, 3.8) is 0 Å². The molecule has 0 rings (SSSR count). The summed E-state index contributed by atoms with van der Waals surface area (Å²) in [6.45, 7) is 4.22. The van der Waals surface area contributed by atoms with Gasteiger partial charge in [-0.05, 0) is 109 Å². The number of rotatable bonds is 51. The van der Waals surface area contributed by atoms with Crippen molar-refractivity contribution in [2.24, 2.45) is 0 Å². The normalized spacial score (nSPS) is 14.3. The zero-order valence-electron chi connectivity index (χ0n) is 46.3. The van der Waals surface area contributed by atoms with E-state index in [-0.39, 0.29) is 19.3 Å². The number of phosphoric acid groups is 1. The molecular weight excluding hydrogens is 952 g/mol. The van der Waals surface area contributed by atoms with Gasteiger partial charge in [-0.15, -0.1) is 0 Å². The predicted octanol–water partition coefficient (Wildman–Crippen LogP) is 16.8. The fraction of sp³-hybridized carbons (Fsp3) is 0.629. The van der Waals surface area contributed by atoms with Crippen molar-refractivity contribution in [2.45, 2.75) is 226 Å². The number of ether oxygens (including phenoxy) is 3. The van der Waals surface area contributed by atoms with Crippen LogP contribution in [0.3, 0.4) is 0 Å². The van der Waals surface area contributed by atoms with Crippen LogP contribution in [0.4, 0.5) is 0 Å². The number of phosphoric ester groups is 1. The summed E-state index contributed by atoms with van der Waals surface area (Å²) in [7, 11) is -4.78. The maximum absolute atomic E-state index is 12.9. The molecule has 0 radical (unpaired) electrons. The molecule has 0 fully saturated rings. The first-order valence-electron chi connectivity index (χ1n) is 28.4. The van der Waals surface area contributed by atoms with Crippen LogP contribution in [-0.4, -0.2) is 66.5 Å². The van der Waals surface area contributed by atoms with Gasteiger partial charge in [-0.25, -0.2) is 4.57 Å². The minimum absolute atomic E-state index is 0.0141. The van der Waals surface area contributed by atoms with E-state index in [4.69, 9.17) is 23.3 Å². The number of hydrogen-bond donors (Lipinski definition) is 2. The molecule has 0 aromatic rings. The standard InChI is InChI=1S/C62H101O11P/c1-4-7-10-13-16-19-22-25-27-28-29-30-32-35-38-41-44-47-50-53-62(66)73-59(55-69-60(64)51-48-45-42-39-36-34-31-26-23-20-17-14-11-8-5-2)57-71-74(67,68)70-56-58(54-63)72-61(65)52-49-46-43-40-37-33-24-21-18-15-12-9-6-3/h8-9,11-12,16-21,25-27,31,33,36-37,39,45,48,58-59,63H,4-7,10,13-15,22-24,28-30,32,34-35,38,40-44,46-47,49-57H2,1-3H3,(H,67,68)/b11-8-,12-9-,19-16-,20-17-,21-18-,27-25-,31-26-,37-33-,39-36-,48-45-. The number of hydrogen-bond acceptors (Lipinski definition) is 10. The van der Waals surface area contributed by atoms with Gasteiger partial charge in [0.25, 0.3) is 0 Å². The van der Waals surface area contributed by atoms with E-state index in [1.165, 1.54) is 51.4 Å². The third-order valence-electron chi connectivity index (χ3n) is 11.4. The van der Waals surface area contributed by atoms with Crippen LogP contribution < -0.4 is 0 Å². The van der Waals surface area contributed by atoms with Crippen LogP contribution in [0.5, 0.6) is 0 Å². The van der Waals surface area contributed by atoms with Crippen LogP contribution in [0.15, 0.2) is 122 Å².